The standard InChI is InChI=1S/C16H14N4O7/c1-27-16(22)18-12-4-2-10(3-5-12)9-17-15(21)11-6-13(19(23)24)8-14(7-11)20(25)26/h2-8H,9H2,1H3,(H,17,21)(H,18,22). The maximum atomic E-state index is 12.2. The lowest BCUT2D eigenvalue weighted by Gasteiger charge is -2.07. The Hall–Kier alpha value is -4.02. The zero-order chi connectivity index (χ0) is 20.0. The first kappa shape index (κ1) is 19.3. The quantitative estimate of drug-likeness (QED) is 0.582. The number of nitro groups is 2. The number of hydrogen-bond donors (Lipinski definition) is 2. The van der Waals surface area contributed by atoms with Crippen molar-refractivity contribution in [2.24, 2.45) is 0 Å². The molecular formula is C16H14N4O7. The number of nitrogens with one attached hydrogen (secondary N) is 2. The summed E-state index contributed by atoms with van der Waals surface area (Å²) in [7, 11) is 1.23. The van der Waals surface area contributed by atoms with Crippen molar-refractivity contribution in [2.75, 3.05) is 12.4 Å². The second-order valence-electron chi connectivity index (χ2n) is 5.25. The molecule has 0 aliphatic heterocycles. The zero-order valence-corrected chi connectivity index (χ0v) is 14.0. The van der Waals surface area contributed by atoms with Crippen molar-refractivity contribution < 1.29 is 24.2 Å². The van der Waals surface area contributed by atoms with Gasteiger partial charge in [-0.15, -0.1) is 0 Å². The average Bonchev–Trinajstić information content (AvgIpc) is 2.66. The molecule has 0 aliphatic carbocycles. The van der Waals surface area contributed by atoms with Crippen LogP contribution in [-0.2, 0) is 11.3 Å². The van der Waals surface area contributed by atoms with E-state index < -0.39 is 33.2 Å². The van der Waals surface area contributed by atoms with E-state index in [-0.39, 0.29) is 12.1 Å². The first-order valence-corrected chi connectivity index (χ1v) is 7.46. The smallest absolute Gasteiger partial charge is 0.411 e. The Balaban J connectivity index is 2.08. The molecule has 0 unspecified atom stereocenters. The Morgan fingerprint density at radius 3 is 2.04 bits per heavy atom. The van der Waals surface area contributed by atoms with Gasteiger partial charge in [0.05, 0.1) is 28.6 Å². The highest BCUT2D eigenvalue weighted by Gasteiger charge is 2.19. The zero-order valence-electron chi connectivity index (χ0n) is 14.0. The largest absolute Gasteiger partial charge is 0.453 e. The fraction of sp³-hybridized carbons (Fsp3) is 0.125. The SMILES string of the molecule is COC(=O)Nc1ccc(CNC(=O)c2cc([N+](=O)[O-])cc([N+](=O)[O-])c2)cc1. The van der Waals surface area contributed by atoms with Crippen molar-refractivity contribution >= 4 is 29.1 Å². The second kappa shape index (κ2) is 8.38. The number of hydrogen-bond acceptors (Lipinski definition) is 7. The molecule has 2 aromatic carbocycles. The molecule has 2 aromatic rings. The number of methoxy groups -OCH3 is 1. The number of non-ortho nitro benzene ring substituents is 2. The van der Waals surface area contributed by atoms with Gasteiger partial charge in [-0.1, -0.05) is 12.1 Å². The summed E-state index contributed by atoms with van der Waals surface area (Å²) < 4.78 is 4.46. The third-order valence-corrected chi connectivity index (χ3v) is 3.43. The Labute approximate surface area is 152 Å². The Morgan fingerprint density at radius 2 is 1.56 bits per heavy atom. The first-order valence-electron chi connectivity index (χ1n) is 7.46. The fourth-order valence-corrected chi connectivity index (χ4v) is 2.10. The molecule has 0 saturated carbocycles. The van der Waals surface area contributed by atoms with Crippen LogP contribution in [0.1, 0.15) is 15.9 Å². The molecular weight excluding hydrogens is 360 g/mol. The minimum Gasteiger partial charge on any atom is -0.453 e. The number of anilines is 1. The van der Waals surface area contributed by atoms with Crippen molar-refractivity contribution in [1.29, 1.82) is 0 Å². The maximum Gasteiger partial charge on any atom is 0.411 e. The Morgan fingerprint density at radius 1 is 1.00 bits per heavy atom. The minimum atomic E-state index is -0.809. The summed E-state index contributed by atoms with van der Waals surface area (Å²) in [6.45, 7) is 0.0772. The summed E-state index contributed by atoms with van der Waals surface area (Å²) >= 11 is 0. The van der Waals surface area contributed by atoms with Crippen LogP contribution >= 0.6 is 0 Å². The maximum absolute atomic E-state index is 12.2. The van der Waals surface area contributed by atoms with Gasteiger partial charge in [0.1, 0.15) is 0 Å². The molecule has 0 spiro atoms. The van der Waals surface area contributed by atoms with Crippen LogP contribution in [0, 0.1) is 20.2 Å². The van der Waals surface area contributed by atoms with Crippen LogP contribution in [0.3, 0.4) is 0 Å². The van der Waals surface area contributed by atoms with Gasteiger partial charge < -0.3 is 10.1 Å². The average molecular weight is 374 g/mol. The summed E-state index contributed by atoms with van der Waals surface area (Å²) in [4.78, 5) is 43.4. The molecule has 27 heavy (non-hydrogen) atoms. The lowest BCUT2D eigenvalue weighted by Crippen LogP contribution is -2.23. The number of rotatable bonds is 6. The molecule has 0 radical (unpaired) electrons. The molecule has 2 amide bonds. The predicted octanol–water partition coefficient (Wildman–Crippen LogP) is 2.61. The van der Waals surface area contributed by atoms with E-state index in [1.165, 1.54) is 7.11 Å². The van der Waals surface area contributed by atoms with Crippen LogP contribution in [0.25, 0.3) is 0 Å². The molecule has 2 rings (SSSR count). The highest BCUT2D eigenvalue weighted by Crippen LogP contribution is 2.22. The minimum absolute atomic E-state index is 0.0772. The highest BCUT2D eigenvalue weighted by atomic mass is 16.6. The van der Waals surface area contributed by atoms with Crippen molar-refractivity contribution in [1.82, 2.24) is 5.32 Å². The number of benzene rings is 2. The van der Waals surface area contributed by atoms with Crippen LogP contribution in [0.15, 0.2) is 42.5 Å². The van der Waals surface area contributed by atoms with E-state index in [9.17, 15) is 29.8 Å². The van der Waals surface area contributed by atoms with Gasteiger partial charge in [-0.25, -0.2) is 4.79 Å². The first-order chi connectivity index (χ1) is 12.8. The van der Waals surface area contributed by atoms with Crippen LogP contribution < -0.4 is 10.6 Å². The molecule has 140 valence electrons. The third kappa shape index (κ3) is 5.22. The molecule has 0 heterocycles. The van der Waals surface area contributed by atoms with E-state index in [2.05, 4.69) is 15.4 Å². The number of carbonyl (C=O) groups is 2. The predicted molar refractivity (Wildman–Crippen MR) is 93.4 cm³/mol. The molecule has 11 heteroatoms. The van der Waals surface area contributed by atoms with Gasteiger partial charge >= 0.3 is 6.09 Å². The normalized spacial score (nSPS) is 9.96. The highest BCUT2D eigenvalue weighted by molar-refractivity contribution is 5.95. The summed E-state index contributed by atoms with van der Waals surface area (Å²) in [5.74, 6) is -0.696. The fourth-order valence-electron chi connectivity index (χ4n) is 2.10. The van der Waals surface area contributed by atoms with Crippen LogP contribution in [-0.4, -0.2) is 29.0 Å². The van der Waals surface area contributed by atoms with Gasteiger partial charge in [-0.2, -0.15) is 0 Å². The van der Waals surface area contributed by atoms with Gasteiger partial charge in [-0.05, 0) is 17.7 Å². The summed E-state index contributed by atoms with van der Waals surface area (Å²) in [6.07, 6.45) is -0.622. The third-order valence-electron chi connectivity index (χ3n) is 3.43. The second-order valence-corrected chi connectivity index (χ2v) is 5.25. The van der Waals surface area contributed by atoms with Gasteiger partial charge in [-0.3, -0.25) is 30.3 Å². The van der Waals surface area contributed by atoms with Gasteiger partial charge in [0.25, 0.3) is 17.3 Å². The topological polar surface area (TPSA) is 154 Å². The summed E-state index contributed by atoms with van der Waals surface area (Å²) in [5, 5.41) is 26.7. The summed E-state index contributed by atoms with van der Waals surface area (Å²) in [5.41, 5.74) is -0.120. The number of amides is 2. The number of carbonyl (C=O) groups excluding carboxylic acids is 2. The summed E-state index contributed by atoms with van der Waals surface area (Å²) in [6, 6.07) is 9.18. The van der Waals surface area contributed by atoms with Crippen molar-refractivity contribution in [3.8, 4) is 0 Å². The lowest BCUT2D eigenvalue weighted by atomic mass is 10.1. The molecule has 0 aliphatic rings. The molecule has 0 aromatic heterocycles. The van der Waals surface area contributed by atoms with Crippen LogP contribution in [0.2, 0.25) is 0 Å². The van der Waals surface area contributed by atoms with Crippen LogP contribution in [0.4, 0.5) is 21.9 Å². The van der Waals surface area contributed by atoms with E-state index in [1.54, 1.807) is 24.3 Å². The molecule has 0 saturated heterocycles. The Bertz CT molecular complexity index is 864. The molecule has 2 N–H and O–H groups in total. The van der Waals surface area contributed by atoms with E-state index in [0.717, 1.165) is 18.2 Å². The monoisotopic (exact) mass is 374 g/mol. The van der Waals surface area contributed by atoms with Crippen molar-refractivity contribution in [2.45, 2.75) is 6.54 Å². The molecule has 0 bridgehead atoms. The van der Waals surface area contributed by atoms with E-state index >= 15 is 0 Å². The molecule has 0 fully saturated rings. The lowest BCUT2D eigenvalue weighted by molar-refractivity contribution is -0.394. The van der Waals surface area contributed by atoms with Gasteiger partial charge in [0.2, 0.25) is 0 Å². The molecule has 11 nitrogen and oxygen atoms in total. The number of nitro benzene ring substituents is 2. The molecule has 0 atom stereocenters. The Kier molecular flexibility index (Phi) is 5.99. The van der Waals surface area contributed by atoms with E-state index in [4.69, 9.17) is 0 Å². The van der Waals surface area contributed by atoms with Crippen LogP contribution in [0.5, 0.6) is 0 Å². The van der Waals surface area contributed by atoms with Gasteiger partial charge in [0.15, 0.2) is 0 Å². The van der Waals surface area contributed by atoms with Gasteiger partial charge in [0, 0.05) is 24.4 Å². The number of nitrogens with zero attached hydrogens (tertiary/aromatic N) is 2. The van der Waals surface area contributed by atoms with Crippen molar-refractivity contribution in [3.63, 3.8) is 0 Å². The van der Waals surface area contributed by atoms with E-state index in [0.29, 0.717) is 11.3 Å². The number of ether oxygens (including phenoxy) is 1. The van der Waals surface area contributed by atoms with E-state index in [1.807, 2.05) is 0 Å². The van der Waals surface area contributed by atoms with Crippen molar-refractivity contribution in [3.05, 3.63) is 73.8 Å².